The van der Waals surface area contributed by atoms with E-state index in [0.29, 0.717) is 38.1 Å². The number of hydrogen-bond acceptors (Lipinski definition) is 8. The molecule has 0 saturated heterocycles. The van der Waals surface area contributed by atoms with Crippen LogP contribution in [0.4, 0.5) is 16.5 Å². The van der Waals surface area contributed by atoms with Gasteiger partial charge in [-0.25, -0.2) is 14.7 Å². The minimum absolute atomic E-state index is 0.0909. The van der Waals surface area contributed by atoms with E-state index >= 15 is 0 Å². The zero-order chi connectivity index (χ0) is 26.1. The van der Waals surface area contributed by atoms with Crippen molar-refractivity contribution in [3.05, 3.63) is 79.9 Å². The Kier molecular flexibility index (Phi) is 7.11. The van der Waals surface area contributed by atoms with Crippen LogP contribution in [0, 0.1) is 13.8 Å². The highest BCUT2D eigenvalue weighted by molar-refractivity contribution is 7.17. The Balaban J connectivity index is 1.48. The molecule has 184 valence electrons. The van der Waals surface area contributed by atoms with Gasteiger partial charge in [-0.2, -0.15) is 0 Å². The maximum Gasteiger partial charge on any atom is 0.350 e. The second kappa shape index (κ2) is 10.1. The van der Waals surface area contributed by atoms with Crippen LogP contribution in [0.15, 0.2) is 53.2 Å². The van der Waals surface area contributed by atoms with Crippen molar-refractivity contribution in [3.8, 4) is 0 Å². The number of ether oxygens (including phenoxy) is 1. The van der Waals surface area contributed by atoms with Crippen molar-refractivity contribution in [3.63, 3.8) is 0 Å². The van der Waals surface area contributed by atoms with Crippen molar-refractivity contribution in [1.82, 2.24) is 4.98 Å². The summed E-state index contributed by atoms with van der Waals surface area (Å²) < 4.78 is 4.70. The number of anilines is 3. The van der Waals surface area contributed by atoms with Crippen LogP contribution < -0.4 is 15.5 Å². The number of esters is 1. The average Bonchev–Trinajstić information content (AvgIpc) is 3.32. The standard InChI is InChI=1S/C24H18Cl2N4O5S/c1-11-4-7-14(25)10-16(11)30-21(32)17(26)18(22(30)33)28-15-8-5-13(6-9-15)20(31)29-24-27-12(2)19(36-24)23(34)35-3/h4-10,28H,1-3H3,(H,27,29,31). The number of nitrogens with zero attached hydrogens (tertiary/aromatic N) is 2. The molecule has 0 bridgehead atoms. The Hall–Kier alpha value is -3.73. The van der Waals surface area contributed by atoms with E-state index in [1.54, 1.807) is 38.1 Å². The van der Waals surface area contributed by atoms with Gasteiger partial charge in [0.25, 0.3) is 17.7 Å². The highest BCUT2D eigenvalue weighted by Crippen LogP contribution is 2.33. The van der Waals surface area contributed by atoms with Gasteiger partial charge in [0, 0.05) is 16.3 Å². The van der Waals surface area contributed by atoms with Crippen molar-refractivity contribution in [2.24, 2.45) is 0 Å². The number of imide groups is 1. The number of rotatable bonds is 6. The molecule has 0 saturated carbocycles. The highest BCUT2D eigenvalue weighted by Gasteiger charge is 2.39. The van der Waals surface area contributed by atoms with Gasteiger partial charge in [-0.15, -0.1) is 0 Å². The predicted molar refractivity (Wildman–Crippen MR) is 138 cm³/mol. The molecule has 2 N–H and O–H groups in total. The fourth-order valence-electron chi connectivity index (χ4n) is 3.40. The molecule has 1 aliphatic heterocycles. The van der Waals surface area contributed by atoms with E-state index in [0.717, 1.165) is 16.2 Å². The van der Waals surface area contributed by atoms with Crippen LogP contribution in [-0.2, 0) is 14.3 Å². The summed E-state index contributed by atoms with van der Waals surface area (Å²) in [7, 11) is 1.27. The lowest BCUT2D eigenvalue weighted by Crippen LogP contribution is -2.32. The second-order valence-electron chi connectivity index (χ2n) is 7.65. The van der Waals surface area contributed by atoms with Gasteiger partial charge in [-0.05, 0) is 55.8 Å². The molecule has 1 aromatic heterocycles. The second-order valence-corrected chi connectivity index (χ2v) is 9.46. The molecule has 0 aliphatic carbocycles. The molecular formula is C24H18Cl2N4O5S. The molecule has 2 aromatic carbocycles. The first-order valence-corrected chi connectivity index (χ1v) is 12.0. The fourth-order valence-corrected chi connectivity index (χ4v) is 4.66. The third-order valence-electron chi connectivity index (χ3n) is 5.24. The van der Waals surface area contributed by atoms with Crippen LogP contribution in [0.1, 0.15) is 31.3 Å². The molecule has 4 rings (SSSR count). The van der Waals surface area contributed by atoms with Gasteiger partial charge in [0.2, 0.25) is 0 Å². The Labute approximate surface area is 219 Å². The number of aryl methyl sites for hydroxylation is 2. The number of carbonyl (C=O) groups excluding carboxylic acids is 4. The molecule has 2 heterocycles. The summed E-state index contributed by atoms with van der Waals surface area (Å²) in [6, 6.07) is 11.0. The first kappa shape index (κ1) is 25.4. The average molecular weight is 545 g/mol. The van der Waals surface area contributed by atoms with E-state index in [-0.39, 0.29) is 15.9 Å². The van der Waals surface area contributed by atoms with Gasteiger partial charge >= 0.3 is 5.97 Å². The van der Waals surface area contributed by atoms with Crippen LogP contribution >= 0.6 is 34.5 Å². The van der Waals surface area contributed by atoms with Gasteiger partial charge in [-0.3, -0.25) is 19.7 Å². The largest absolute Gasteiger partial charge is 0.465 e. The lowest BCUT2D eigenvalue weighted by atomic mass is 10.2. The fraction of sp³-hybridized carbons (Fsp3) is 0.125. The van der Waals surface area contributed by atoms with Crippen molar-refractivity contribution in [2.45, 2.75) is 13.8 Å². The van der Waals surface area contributed by atoms with Gasteiger partial charge in [0.15, 0.2) is 5.13 Å². The third kappa shape index (κ3) is 4.83. The van der Waals surface area contributed by atoms with E-state index in [9.17, 15) is 19.2 Å². The van der Waals surface area contributed by atoms with E-state index < -0.39 is 23.7 Å². The minimum atomic E-state index is -0.671. The lowest BCUT2D eigenvalue weighted by molar-refractivity contribution is -0.120. The quantitative estimate of drug-likeness (QED) is 0.335. The molecule has 0 fully saturated rings. The highest BCUT2D eigenvalue weighted by atomic mass is 35.5. The Morgan fingerprint density at radius 2 is 1.72 bits per heavy atom. The molecule has 12 heteroatoms. The van der Waals surface area contributed by atoms with E-state index in [1.807, 2.05) is 0 Å². The predicted octanol–water partition coefficient (Wildman–Crippen LogP) is 4.89. The van der Waals surface area contributed by atoms with Gasteiger partial charge in [-0.1, -0.05) is 40.6 Å². The number of aromatic nitrogens is 1. The topological polar surface area (TPSA) is 118 Å². The molecule has 3 amide bonds. The summed E-state index contributed by atoms with van der Waals surface area (Å²) in [5, 5.41) is 5.86. The van der Waals surface area contributed by atoms with Gasteiger partial charge in [0.1, 0.15) is 15.6 Å². The monoisotopic (exact) mass is 544 g/mol. The van der Waals surface area contributed by atoms with Crippen molar-refractivity contribution >= 4 is 74.7 Å². The SMILES string of the molecule is COC(=O)c1sc(NC(=O)c2ccc(NC3=C(Cl)C(=O)N(c4cc(Cl)ccc4C)C3=O)cc2)nc1C. The Morgan fingerprint density at radius 3 is 2.39 bits per heavy atom. The van der Waals surface area contributed by atoms with Gasteiger partial charge in [0.05, 0.1) is 18.5 Å². The molecule has 3 aromatic rings. The molecule has 0 atom stereocenters. The first-order valence-electron chi connectivity index (χ1n) is 10.4. The van der Waals surface area contributed by atoms with E-state index in [4.69, 9.17) is 27.9 Å². The smallest absolute Gasteiger partial charge is 0.350 e. The summed E-state index contributed by atoms with van der Waals surface area (Å²) in [5.41, 5.74) is 2.11. The Morgan fingerprint density at radius 1 is 1.03 bits per heavy atom. The third-order valence-corrected chi connectivity index (χ3v) is 6.88. The number of hydrogen-bond donors (Lipinski definition) is 2. The number of benzene rings is 2. The van der Waals surface area contributed by atoms with Crippen molar-refractivity contribution in [1.29, 1.82) is 0 Å². The maximum atomic E-state index is 13.0. The number of amides is 3. The van der Waals surface area contributed by atoms with E-state index in [2.05, 4.69) is 15.6 Å². The number of nitrogens with one attached hydrogen (secondary N) is 2. The van der Waals surface area contributed by atoms with Crippen LogP contribution in [-0.4, -0.2) is 35.8 Å². The van der Waals surface area contributed by atoms with Crippen molar-refractivity contribution < 1.29 is 23.9 Å². The van der Waals surface area contributed by atoms with Gasteiger partial charge < -0.3 is 10.1 Å². The molecule has 0 radical (unpaired) electrons. The summed E-state index contributed by atoms with van der Waals surface area (Å²) >= 11 is 13.3. The summed E-state index contributed by atoms with van der Waals surface area (Å²) in [6.45, 7) is 3.39. The maximum absolute atomic E-state index is 13.0. The molecule has 36 heavy (non-hydrogen) atoms. The minimum Gasteiger partial charge on any atom is -0.465 e. The van der Waals surface area contributed by atoms with Crippen molar-refractivity contribution in [2.75, 3.05) is 22.6 Å². The number of thiazole rings is 1. The number of methoxy groups -OCH3 is 1. The number of carbonyl (C=O) groups is 4. The zero-order valence-electron chi connectivity index (χ0n) is 19.1. The molecule has 0 unspecified atom stereocenters. The first-order chi connectivity index (χ1) is 17.1. The zero-order valence-corrected chi connectivity index (χ0v) is 21.5. The van der Waals surface area contributed by atoms with Crippen LogP contribution in [0.3, 0.4) is 0 Å². The number of halogens is 2. The summed E-state index contributed by atoms with van der Waals surface area (Å²) in [5.74, 6) is -2.27. The summed E-state index contributed by atoms with van der Waals surface area (Å²) in [6.07, 6.45) is 0. The summed E-state index contributed by atoms with van der Waals surface area (Å²) in [4.78, 5) is 55.5. The van der Waals surface area contributed by atoms with Crippen LogP contribution in [0.25, 0.3) is 0 Å². The molecule has 9 nitrogen and oxygen atoms in total. The normalized spacial score (nSPS) is 13.3. The molecular weight excluding hydrogens is 527 g/mol. The van der Waals surface area contributed by atoms with Crippen LogP contribution in [0.2, 0.25) is 5.02 Å². The molecule has 1 aliphatic rings. The lowest BCUT2D eigenvalue weighted by Gasteiger charge is -2.17. The Bertz CT molecular complexity index is 1450. The van der Waals surface area contributed by atoms with E-state index in [1.165, 1.54) is 25.3 Å². The van der Waals surface area contributed by atoms with Crippen LogP contribution in [0.5, 0.6) is 0 Å². The molecule has 0 spiro atoms.